The number of fused-ring (bicyclic) bond motifs is 1. The van der Waals surface area contributed by atoms with E-state index in [2.05, 4.69) is 20.4 Å². The smallest absolute Gasteiger partial charge is 0.273 e. The minimum Gasteiger partial charge on any atom is -0.360 e. The number of amides is 1. The third-order valence-corrected chi connectivity index (χ3v) is 3.93. The monoisotopic (exact) mass is 346 g/mol. The van der Waals surface area contributed by atoms with Crippen LogP contribution in [0.25, 0.3) is 11.0 Å². The van der Waals surface area contributed by atoms with Crippen molar-refractivity contribution in [2.75, 3.05) is 6.54 Å². The maximum atomic E-state index is 12.0. The molecular weight excluding hydrogens is 328 g/mol. The predicted octanol–water partition coefficient (Wildman–Crippen LogP) is 3.69. The average Bonchev–Trinajstić information content (AvgIpc) is 3.17. The average molecular weight is 347 g/mol. The van der Waals surface area contributed by atoms with Crippen LogP contribution in [0.4, 0.5) is 0 Å². The standard InChI is InChI=1S/C17H19ClN4O2/c1-10(2)15-9-14(22-24-15)17(23)19-7-3-4-16-20-12-6-5-11(18)8-13(12)21-16/h5-6,8-10H,3-4,7H2,1-2H3,(H,19,23)(H,20,21). The van der Waals surface area contributed by atoms with Crippen molar-refractivity contribution in [3.63, 3.8) is 0 Å². The lowest BCUT2D eigenvalue weighted by molar-refractivity contribution is 0.0944. The van der Waals surface area contributed by atoms with Gasteiger partial charge in [0.2, 0.25) is 0 Å². The third kappa shape index (κ3) is 3.76. The van der Waals surface area contributed by atoms with E-state index in [4.69, 9.17) is 16.1 Å². The summed E-state index contributed by atoms with van der Waals surface area (Å²) < 4.78 is 5.13. The number of nitrogens with zero attached hydrogens (tertiary/aromatic N) is 2. The van der Waals surface area contributed by atoms with Gasteiger partial charge in [0.15, 0.2) is 5.69 Å². The van der Waals surface area contributed by atoms with Gasteiger partial charge in [-0.25, -0.2) is 4.98 Å². The van der Waals surface area contributed by atoms with E-state index in [-0.39, 0.29) is 11.8 Å². The molecule has 0 atom stereocenters. The van der Waals surface area contributed by atoms with E-state index in [1.54, 1.807) is 6.07 Å². The van der Waals surface area contributed by atoms with Crippen LogP contribution < -0.4 is 5.32 Å². The van der Waals surface area contributed by atoms with Crippen LogP contribution in [0, 0.1) is 0 Å². The van der Waals surface area contributed by atoms with Crippen molar-refractivity contribution in [2.24, 2.45) is 0 Å². The molecule has 2 heterocycles. The summed E-state index contributed by atoms with van der Waals surface area (Å²) in [5, 5.41) is 7.31. The fraction of sp³-hybridized carbons (Fsp3) is 0.353. The molecule has 0 saturated carbocycles. The third-order valence-electron chi connectivity index (χ3n) is 3.70. The Kier molecular flexibility index (Phi) is 4.85. The van der Waals surface area contributed by atoms with Crippen molar-refractivity contribution >= 4 is 28.5 Å². The number of rotatable bonds is 6. The maximum absolute atomic E-state index is 12.0. The Morgan fingerprint density at radius 3 is 2.96 bits per heavy atom. The molecule has 0 radical (unpaired) electrons. The van der Waals surface area contributed by atoms with Crippen molar-refractivity contribution in [3.05, 3.63) is 46.6 Å². The summed E-state index contributed by atoms with van der Waals surface area (Å²) in [6.07, 6.45) is 1.51. The first-order valence-corrected chi connectivity index (χ1v) is 8.29. The first-order chi connectivity index (χ1) is 11.5. The van der Waals surface area contributed by atoms with Crippen LogP contribution in [0.1, 0.15) is 48.3 Å². The molecule has 1 aromatic carbocycles. The Labute approximate surface area is 144 Å². The molecule has 0 saturated heterocycles. The van der Waals surface area contributed by atoms with Crippen molar-refractivity contribution in [1.82, 2.24) is 20.4 Å². The highest BCUT2D eigenvalue weighted by Crippen LogP contribution is 2.18. The summed E-state index contributed by atoms with van der Waals surface area (Å²) in [5.41, 5.74) is 2.13. The molecule has 1 amide bonds. The van der Waals surface area contributed by atoms with Crippen LogP contribution in [0.5, 0.6) is 0 Å². The molecule has 3 aromatic rings. The minimum absolute atomic E-state index is 0.209. The molecule has 24 heavy (non-hydrogen) atoms. The molecule has 0 aliphatic heterocycles. The first-order valence-electron chi connectivity index (χ1n) is 7.92. The Balaban J connectivity index is 1.49. The first kappa shape index (κ1) is 16.5. The molecule has 0 bridgehead atoms. The normalized spacial score (nSPS) is 11.3. The van der Waals surface area contributed by atoms with Crippen LogP contribution >= 0.6 is 11.6 Å². The Morgan fingerprint density at radius 1 is 1.38 bits per heavy atom. The topological polar surface area (TPSA) is 83.8 Å². The highest BCUT2D eigenvalue weighted by molar-refractivity contribution is 6.31. The summed E-state index contributed by atoms with van der Waals surface area (Å²) in [4.78, 5) is 19.7. The van der Waals surface area contributed by atoms with E-state index >= 15 is 0 Å². The highest BCUT2D eigenvalue weighted by Gasteiger charge is 2.13. The summed E-state index contributed by atoms with van der Waals surface area (Å²) in [5.74, 6) is 1.58. The van der Waals surface area contributed by atoms with Crippen LogP contribution in [-0.4, -0.2) is 27.6 Å². The number of aromatic nitrogens is 3. The number of halogens is 1. The number of aromatic amines is 1. The number of nitrogens with one attached hydrogen (secondary N) is 2. The fourth-order valence-electron chi connectivity index (χ4n) is 2.37. The second-order valence-corrected chi connectivity index (χ2v) is 6.41. The van der Waals surface area contributed by atoms with Gasteiger partial charge in [0, 0.05) is 30.0 Å². The van der Waals surface area contributed by atoms with Crippen molar-refractivity contribution in [1.29, 1.82) is 0 Å². The minimum atomic E-state index is -0.220. The Bertz CT molecular complexity index is 853. The van der Waals surface area contributed by atoms with Gasteiger partial charge in [-0.1, -0.05) is 30.6 Å². The van der Waals surface area contributed by atoms with E-state index < -0.39 is 0 Å². The van der Waals surface area contributed by atoms with E-state index in [9.17, 15) is 4.79 Å². The molecule has 3 rings (SSSR count). The molecule has 0 fully saturated rings. The van der Waals surface area contributed by atoms with E-state index in [0.717, 1.165) is 29.7 Å². The number of hydrogen-bond donors (Lipinski definition) is 2. The van der Waals surface area contributed by atoms with Gasteiger partial charge in [0.1, 0.15) is 11.6 Å². The predicted molar refractivity (Wildman–Crippen MR) is 92.3 cm³/mol. The van der Waals surface area contributed by atoms with E-state index in [0.29, 0.717) is 23.0 Å². The molecule has 7 heteroatoms. The second-order valence-electron chi connectivity index (χ2n) is 5.97. The van der Waals surface area contributed by atoms with Crippen molar-refractivity contribution in [3.8, 4) is 0 Å². The lowest BCUT2D eigenvalue weighted by Gasteiger charge is -2.01. The molecule has 0 aliphatic rings. The molecule has 6 nitrogen and oxygen atoms in total. The van der Waals surface area contributed by atoms with Crippen LogP contribution in [0.2, 0.25) is 5.02 Å². The molecule has 0 aliphatic carbocycles. The zero-order valence-electron chi connectivity index (χ0n) is 13.6. The van der Waals surface area contributed by atoms with Gasteiger partial charge in [0.05, 0.1) is 11.0 Å². The number of aryl methyl sites for hydroxylation is 1. The number of imidazole rings is 1. The van der Waals surface area contributed by atoms with Crippen molar-refractivity contribution < 1.29 is 9.32 Å². The zero-order chi connectivity index (χ0) is 17.1. The molecular formula is C17H19ClN4O2. The zero-order valence-corrected chi connectivity index (χ0v) is 14.4. The summed E-state index contributed by atoms with van der Waals surface area (Å²) in [7, 11) is 0. The Hall–Kier alpha value is -2.34. The van der Waals surface area contributed by atoms with Crippen LogP contribution in [0.15, 0.2) is 28.8 Å². The van der Waals surface area contributed by atoms with Gasteiger partial charge in [-0.15, -0.1) is 0 Å². The molecule has 0 unspecified atom stereocenters. The largest absolute Gasteiger partial charge is 0.360 e. The number of benzene rings is 1. The number of carbonyl (C=O) groups is 1. The number of carbonyl (C=O) groups excluding carboxylic acids is 1. The van der Waals surface area contributed by atoms with Gasteiger partial charge >= 0.3 is 0 Å². The van der Waals surface area contributed by atoms with E-state index in [1.165, 1.54) is 0 Å². The molecule has 2 N–H and O–H groups in total. The van der Waals surface area contributed by atoms with E-state index in [1.807, 2.05) is 32.0 Å². The highest BCUT2D eigenvalue weighted by atomic mass is 35.5. The fourth-order valence-corrected chi connectivity index (χ4v) is 2.54. The van der Waals surface area contributed by atoms with Crippen LogP contribution in [-0.2, 0) is 6.42 Å². The van der Waals surface area contributed by atoms with Gasteiger partial charge in [0.25, 0.3) is 5.91 Å². The quantitative estimate of drug-likeness (QED) is 0.667. The number of hydrogen-bond acceptors (Lipinski definition) is 4. The van der Waals surface area contributed by atoms with Gasteiger partial charge in [-0.3, -0.25) is 4.79 Å². The molecule has 126 valence electrons. The van der Waals surface area contributed by atoms with Crippen LogP contribution in [0.3, 0.4) is 0 Å². The lowest BCUT2D eigenvalue weighted by atomic mass is 10.1. The van der Waals surface area contributed by atoms with Gasteiger partial charge in [-0.2, -0.15) is 0 Å². The maximum Gasteiger partial charge on any atom is 0.273 e. The molecule has 2 aromatic heterocycles. The lowest BCUT2D eigenvalue weighted by Crippen LogP contribution is -2.25. The Morgan fingerprint density at radius 2 is 2.21 bits per heavy atom. The summed E-state index contributed by atoms with van der Waals surface area (Å²) in [6, 6.07) is 7.24. The van der Waals surface area contributed by atoms with Gasteiger partial charge < -0.3 is 14.8 Å². The van der Waals surface area contributed by atoms with Gasteiger partial charge in [-0.05, 0) is 24.6 Å². The summed E-state index contributed by atoms with van der Waals surface area (Å²) in [6.45, 7) is 4.52. The second kappa shape index (κ2) is 7.05. The SMILES string of the molecule is CC(C)c1cc(C(=O)NCCCc2nc3ccc(Cl)cc3[nH]2)no1. The number of H-pyrrole nitrogens is 1. The summed E-state index contributed by atoms with van der Waals surface area (Å²) >= 11 is 5.96. The van der Waals surface area contributed by atoms with Crippen molar-refractivity contribution in [2.45, 2.75) is 32.6 Å². The molecule has 0 spiro atoms.